The molecule has 0 spiro atoms. The molecule has 0 bridgehead atoms. The lowest BCUT2D eigenvalue weighted by Gasteiger charge is -2.24. The molecule has 2 aromatic heterocycles. The summed E-state index contributed by atoms with van der Waals surface area (Å²) in [6, 6.07) is 0.215. The van der Waals surface area contributed by atoms with Crippen LogP contribution in [0.25, 0.3) is 0 Å². The monoisotopic (exact) mass is 506 g/mol. The lowest BCUT2D eigenvalue weighted by Crippen LogP contribution is -2.41. The van der Waals surface area contributed by atoms with Gasteiger partial charge in [-0.3, -0.25) is 4.68 Å². The van der Waals surface area contributed by atoms with Gasteiger partial charge in [-0.1, -0.05) is 0 Å². The molecular weight excluding hydrogens is 475 g/mol. The van der Waals surface area contributed by atoms with Gasteiger partial charge in [0.25, 0.3) is 0 Å². The first-order valence-electron chi connectivity index (χ1n) is 8.69. The average Bonchev–Trinajstić information content (AvgIpc) is 3.21. The molecule has 1 unspecified atom stereocenters. The highest BCUT2D eigenvalue weighted by Crippen LogP contribution is 2.18. The van der Waals surface area contributed by atoms with Crippen LogP contribution in [0.3, 0.4) is 0 Å². The molecule has 0 saturated carbocycles. The fraction of sp³-hybridized carbons (Fsp3) is 0.588. The fourth-order valence-electron chi connectivity index (χ4n) is 2.48. The van der Waals surface area contributed by atoms with Crippen molar-refractivity contribution in [1.82, 2.24) is 30.3 Å². The van der Waals surface area contributed by atoms with Crippen LogP contribution < -0.4 is 15.5 Å². The van der Waals surface area contributed by atoms with Crippen molar-refractivity contribution < 1.29 is 0 Å². The first-order chi connectivity index (χ1) is 12.4. The van der Waals surface area contributed by atoms with Crippen LogP contribution in [0.2, 0.25) is 0 Å². The SMILES string of the molecule is CCNC(=NCc1csc(N(C)C)n1)NCC(c1cnn(C)c1)N(C)C.I. The zero-order valence-corrected chi connectivity index (χ0v) is 20.1. The van der Waals surface area contributed by atoms with E-state index in [-0.39, 0.29) is 30.0 Å². The number of aryl methyl sites for hydroxylation is 1. The summed E-state index contributed by atoms with van der Waals surface area (Å²) in [4.78, 5) is 13.4. The highest BCUT2D eigenvalue weighted by molar-refractivity contribution is 14.0. The third kappa shape index (κ3) is 7.26. The second kappa shape index (κ2) is 11.4. The Morgan fingerprint density at radius 1 is 1.30 bits per heavy atom. The van der Waals surface area contributed by atoms with Crippen molar-refractivity contribution in [3.05, 3.63) is 29.0 Å². The maximum atomic E-state index is 4.67. The number of nitrogens with one attached hydrogen (secondary N) is 2. The topological polar surface area (TPSA) is 73.6 Å². The minimum Gasteiger partial charge on any atom is -0.357 e. The number of hydrogen-bond donors (Lipinski definition) is 2. The summed E-state index contributed by atoms with van der Waals surface area (Å²) in [6.07, 6.45) is 3.96. The number of thiazole rings is 1. The Kier molecular flexibility index (Phi) is 10.0. The first-order valence-corrected chi connectivity index (χ1v) is 9.57. The van der Waals surface area contributed by atoms with Gasteiger partial charge in [0.05, 0.1) is 24.5 Å². The van der Waals surface area contributed by atoms with Crippen molar-refractivity contribution in [2.45, 2.75) is 19.5 Å². The zero-order valence-electron chi connectivity index (χ0n) is 16.9. The Hall–Kier alpha value is -1.40. The number of anilines is 1. The van der Waals surface area contributed by atoms with Crippen molar-refractivity contribution >= 4 is 46.4 Å². The van der Waals surface area contributed by atoms with E-state index >= 15 is 0 Å². The summed E-state index contributed by atoms with van der Waals surface area (Å²) in [6.45, 7) is 4.17. The van der Waals surface area contributed by atoms with Crippen LogP contribution in [0.5, 0.6) is 0 Å². The highest BCUT2D eigenvalue weighted by Gasteiger charge is 2.16. The van der Waals surface area contributed by atoms with Crippen molar-refractivity contribution in [2.75, 3.05) is 46.2 Å². The number of halogens is 1. The summed E-state index contributed by atoms with van der Waals surface area (Å²) in [7, 11) is 10.1. The smallest absolute Gasteiger partial charge is 0.191 e. The van der Waals surface area contributed by atoms with Crippen LogP contribution in [-0.2, 0) is 13.6 Å². The van der Waals surface area contributed by atoms with Gasteiger partial charge >= 0.3 is 0 Å². The Bertz CT molecular complexity index is 709. The average molecular weight is 506 g/mol. The van der Waals surface area contributed by atoms with E-state index in [9.17, 15) is 0 Å². The summed E-state index contributed by atoms with van der Waals surface area (Å²) < 4.78 is 1.83. The Balaban J connectivity index is 0.00000364. The van der Waals surface area contributed by atoms with E-state index < -0.39 is 0 Å². The number of rotatable bonds is 8. The van der Waals surface area contributed by atoms with E-state index in [1.165, 1.54) is 5.56 Å². The van der Waals surface area contributed by atoms with Gasteiger partial charge in [0, 0.05) is 51.4 Å². The molecule has 0 fully saturated rings. The molecule has 1 atom stereocenters. The molecule has 152 valence electrons. The molecule has 0 amide bonds. The van der Waals surface area contributed by atoms with Gasteiger partial charge in [0.1, 0.15) is 0 Å². The molecule has 0 aliphatic rings. The molecule has 0 radical (unpaired) electrons. The molecule has 27 heavy (non-hydrogen) atoms. The summed E-state index contributed by atoms with van der Waals surface area (Å²) in [5.41, 5.74) is 2.16. The van der Waals surface area contributed by atoms with E-state index in [1.807, 2.05) is 36.9 Å². The van der Waals surface area contributed by atoms with Crippen LogP contribution in [0.4, 0.5) is 5.13 Å². The van der Waals surface area contributed by atoms with Gasteiger partial charge in [-0.25, -0.2) is 9.98 Å². The maximum absolute atomic E-state index is 4.67. The van der Waals surface area contributed by atoms with Crippen molar-refractivity contribution in [3.63, 3.8) is 0 Å². The third-order valence-electron chi connectivity index (χ3n) is 3.86. The van der Waals surface area contributed by atoms with Crippen LogP contribution in [0.15, 0.2) is 22.8 Å². The Labute approximate surface area is 183 Å². The standard InChI is InChI=1S/C17H30N8S.HI/c1-7-18-16(19-9-14-12-26-17(22-14)24(4)5)20-10-15(23(2)3)13-8-21-25(6)11-13;/h8,11-12,15H,7,9-10H2,1-6H3,(H2,18,19,20);1H. The number of guanidine groups is 1. The van der Waals surface area contributed by atoms with E-state index in [0.717, 1.165) is 29.9 Å². The molecule has 2 heterocycles. The molecule has 2 N–H and O–H groups in total. The van der Waals surface area contributed by atoms with Crippen LogP contribution >= 0.6 is 35.3 Å². The Morgan fingerprint density at radius 3 is 2.56 bits per heavy atom. The first kappa shape index (κ1) is 23.6. The lowest BCUT2D eigenvalue weighted by molar-refractivity contribution is 0.298. The molecule has 0 aliphatic carbocycles. The zero-order chi connectivity index (χ0) is 19.1. The van der Waals surface area contributed by atoms with Crippen molar-refractivity contribution in [2.24, 2.45) is 12.0 Å². The van der Waals surface area contributed by atoms with Crippen molar-refractivity contribution in [1.29, 1.82) is 0 Å². The van der Waals surface area contributed by atoms with Crippen LogP contribution in [0.1, 0.15) is 24.2 Å². The second-order valence-electron chi connectivity index (χ2n) is 6.52. The predicted molar refractivity (Wildman–Crippen MR) is 124 cm³/mol. The summed E-state index contributed by atoms with van der Waals surface area (Å²) in [5.74, 6) is 0.794. The predicted octanol–water partition coefficient (Wildman–Crippen LogP) is 1.92. The van der Waals surface area contributed by atoms with Gasteiger partial charge in [0.2, 0.25) is 0 Å². The number of aromatic nitrogens is 3. The Morgan fingerprint density at radius 2 is 2.04 bits per heavy atom. The van der Waals surface area contributed by atoms with Gasteiger partial charge in [-0.15, -0.1) is 35.3 Å². The van der Waals surface area contributed by atoms with E-state index in [4.69, 9.17) is 0 Å². The van der Waals surface area contributed by atoms with Crippen molar-refractivity contribution in [3.8, 4) is 0 Å². The number of hydrogen-bond acceptors (Lipinski definition) is 6. The van der Waals surface area contributed by atoms with Gasteiger partial charge in [-0.05, 0) is 21.0 Å². The minimum absolute atomic E-state index is 0. The summed E-state index contributed by atoms with van der Waals surface area (Å²) >= 11 is 1.63. The third-order valence-corrected chi connectivity index (χ3v) is 4.92. The lowest BCUT2D eigenvalue weighted by atomic mass is 10.1. The van der Waals surface area contributed by atoms with E-state index in [0.29, 0.717) is 6.54 Å². The number of aliphatic imine (C=N–C) groups is 1. The molecular formula is C17H31IN8S. The van der Waals surface area contributed by atoms with Crippen LogP contribution in [0, 0.1) is 0 Å². The highest BCUT2D eigenvalue weighted by atomic mass is 127. The van der Waals surface area contributed by atoms with Gasteiger partial charge in [0.15, 0.2) is 11.1 Å². The molecule has 0 saturated heterocycles. The van der Waals surface area contributed by atoms with E-state index in [2.05, 4.69) is 63.2 Å². The maximum Gasteiger partial charge on any atom is 0.191 e. The molecule has 0 aromatic carbocycles. The molecule has 0 aliphatic heterocycles. The molecule has 2 aromatic rings. The number of nitrogens with zero attached hydrogens (tertiary/aromatic N) is 6. The second-order valence-corrected chi connectivity index (χ2v) is 7.36. The molecule has 8 nitrogen and oxygen atoms in total. The summed E-state index contributed by atoms with van der Waals surface area (Å²) in [5, 5.41) is 14.1. The minimum atomic E-state index is 0. The fourth-order valence-corrected chi connectivity index (χ4v) is 3.23. The van der Waals surface area contributed by atoms with Crippen LogP contribution in [-0.4, -0.2) is 66.9 Å². The number of likely N-dealkylation sites (N-methyl/N-ethyl adjacent to an activating group) is 1. The molecule has 2 rings (SSSR count). The molecule has 10 heteroatoms. The van der Waals surface area contributed by atoms with Gasteiger partial charge < -0.3 is 20.4 Å². The largest absolute Gasteiger partial charge is 0.357 e. The van der Waals surface area contributed by atoms with E-state index in [1.54, 1.807) is 11.3 Å². The van der Waals surface area contributed by atoms with Gasteiger partial charge in [-0.2, -0.15) is 5.10 Å². The quantitative estimate of drug-likeness (QED) is 0.324. The normalized spacial score (nSPS) is 12.6.